The molecule has 1 aromatic heterocycles. The normalized spacial score (nSPS) is 10.0. The molecule has 0 aliphatic heterocycles. The standard InChI is InChI=1S/C13H13FN2O/c1-17-12-4-2-3-10(7-12)9-16-11-5-6-15-13(14)8-11/h2-8H,9H2,1H3,(H,15,16). The van der Waals surface area contributed by atoms with Crippen molar-refractivity contribution in [2.45, 2.75) is 6.54 Å². The van der Waals surface area contributed by atoms with E-state index in [-0.39, 0.29) is 0 Å². The van der Waals surface area contributed by atoms with Gasteiger partial charge in [0.1, 0.15) is 5.75 Å². The van der Waals surface area contributed by atoms with E-state index < -0.39 is 5.95 Å². The molecule has 0 unspecified atom stereocenters. The molecule has 0 aliphatic rings. The minimum absolute atomic E-state index is 0.486. The van der Waals surface area contributed by atoms with Crippen LogP contribution in [0.1, 0.15) is 5.56 Å². The zero-order valence-corrected chi connectivity index (χ0v) is 9.48. The third-order valence-corrected chi connectivity index (χ3v) is 2.36. The summed E-state index contributed by atoms with van der Waals surface area (Å²) < 4.78 is 18.0. The van der Waals surface area contributed by atoms with E-state index in [9.17, 15) is 4.39 Å². The zero-order chi connectivity index (χ0) is 12.1. The Bertz CT molecular complexity index is 502. The number of nitrogens with one attached hydrogen (secondary N) is 1. The molecule has 0 radical (unpaired) electrons. The van der Waals surface area contributed by atoms with Crippen molar-refractivity contribution in [3.05, 3.63) is 54.1 Å². The van der Waals surface area contributed by atoms with Gasteiger partial charge >= 0.3 is 0 Å². The van der Waals surface area contributed by atoms with Crippen LogP contribution in [0.3, 0.4) is 0 Å². The van der Waals surface area contributed by atoms with Gasteiger partial charge in [-0.05, 0) is 23.8 Å². The van der Waals surface area contributed by atoms with Crippen molar-refractivity contribution < 1.29 is 9.13 Å². The van der Waals surface area contributed by atoms with Crippen LogP contribution >= 0.6 is 0 Å². The highest BCUT2D eigenvalue weighted by Crippen LogP contribution is 2.14. The number of aromatic nitrogens is 1. The first kappa shape index (κ1) is 11.4. The van der Waals surface area contributed by atoms with Crippen molar-refractivity contribution in [3.8, 4) is 5.75 Å². The second-order valence-corrected chi connectivity index (χ2v) is 3.57. The van der Waals surface area contributed by atoms with Gasteiger partial charge in [-0.15, -0.1) is 0 Å². The van der Waals surface area contributed by atoms with Gasteiger partial charge in [0, 0.05) is 24.5 Å². The molecule has 4 heteroatoms. The summed E-state index contributed by atoms with van der Waals surface area (Å²) in [6.45, 7) is 0.612. The lowest BCUT2D eigenvalue weighted by Crippen LogP contribution is -2.00. The maximum absolute atomic E-state index is 12.8. The zero-order valence-electron chi connectivity index (χ0n) is 9.48. The molecule has 0 aliphatic carbocycles. The number of methoxy groups -OCH3 is 1. The van der Waals surface area contributed by atoms with Crippen LogP contribution in [0.25, 0.3) is 0 Å². The van der Waals surface area contributed by atoms with Gasteiger partial charge in [-0.3, -0.25) is 0 Å². The molecule has 0 atom stereocenters. The van der Waals surface area contributed by atoms with Gasteiger partial charge < -0.3 is 10.1 Å². The first-order valence-corrected chi connectivity index (χ1v) is 5.26. The van der Waals surface area contributed by atoms with Crippen molar-refractivity contribution in [2.24, 2.45) is 0 Å². The van der Waals surface area contributed by atoms with Gasteiger partial charge in [-0.2, -0.15) is 4.39 Å². The molecule has 0 amide bonds. The number of halogens is 1. The molecule has 1 heterocycles. The first-order chi connectivity index (χ1) is 8.28. The van der Waals surface area contributed by atoms with E-state index in [2.05, 4.69) is 10.3 Å². The van der Waals surface area contributed by atoms with E-state index in [4.69, 9.17) is 4.74 Å². The number of benzene rings is 1. The fraction of sp³-hybridized carbons (Fsp3) is 0.154. The number of ether oxygens (including phenoxy) is 1. The molecule has 0 fully saturated rings. The third kappa shape index (κ3) is 3.17. The van der Waals surface area contributed by atoms with Crippen molar-refractivity contribution in [2.75, 3.05) is 12.4 Å². The number of hydrogen-bond donors (Lipinski definition) is 1. The van der Waals surface area contributed by atoms with Crippen LogP contribution in [0.2, 0.25) is 0 Å². The first-order valence-electron chi connectivity index (χ1n) is 5.26. The van der Waals surface area contributed by atoms with Gasteiger partial charge in [0.15, 0.2) is 0 Å². The molecule has 1 aromatic carbocycles. The molecule has 0 saturated heterocycles. The van der Waals surface area contributed by atoms with Gasteiger partial charge in [0.05, 0.1) is 7.11 Å². The van der Waals surface area contributed by atoms with Crippen molar-refractivity contribution in [1.82, 2.24) is 4.98 Å². The number of anilines is 1. The predicted molar refractivity (Wildman–Crippen MR) is 64.5 cm³/mol. The van der Waals surface area contributed by atoms with Crippen LogP contribution in [0.15, 0.2) is 42.6 Å². The highest BCUT2D eigenvalue weighted by Gasteiger charge is 1.98. The summed E-state index contributed by atoms with van der Waals surface area (Å²) >= 11 is 0. The Labute approximate surface area is 99.3 Å². The SMILES string of the molecule is COc1cccc(CNc2ccnc(F)c2)c1. The molecule has 0 saturated carbocycles. The molecule has 1 N–H and O–H groups in total. The number of rotatable bonds is 4. The summed E-state index contributed by atoms with van der Waals surface area (Å²) in [5.41, 5.74) is 1.78. The quantitative estimate of drug-likeness (QED) is 0.823. The highest BCUT2D eigenvalue weighted by atomic mass is 19.1. The van der Waals surface area contributed by atoms with Gasteiger partial charge in [0.2, 0.25) is 5.95 Å². The van der Waals surface area contributed by atoms with Gasteiger partial charge in [0.25, 0.3) is 0 Å². The summed E-state index contributed by atoms with van der Waals surface area (Å²) in [6.07, 6.45) is 1.43. The van der Waals surface area contributed by atoms with Crippen LogP contribution < -0.4 is 10.1 Å². The monoisotopic (exact) mass is 232 g/mol. The Morgan fingerprint density at radius 2 is 2.18 bits per heavy atom. The predicted octanol–water partition coefficient (Wildman–Crippen LogP) is 2.84. The molecular weight excluding hydrogens is 219 g/mol. The topological polar surface area (TPSA) is 34.1 Å². The minimum Gasteiger partial charge on any atom is -0.497 e. The van der Waals surface area contributed by atoms with Gasteiger partial charge in [-0.1, -0.05) is 12.1 Å². The minimum atomic E-state index is -0.486. The van der Waals surface area contributed by atoms with Crippen molar-refractivity contribution >= 4 is 5.69 Å². The summed E-state index contributed by atoms with van der Waals surface area (Å²) in [6, 6.07) is 10.8. The summed E-state index contributed by atoms with van der Waals surface area (Å²) in [5, 5.41) is 3.12. The van der Waals surface area contributed by atoms with Gasteiger partial charge in [-0.25, -0.2) is 4.98 Å². The van der Waals surface area contributed by atoms with Crippen molar-refractivity contribution in [3.63, 3.8) is 0 Å². The fourth-order valence-corrected chi connectivity index (χ4v) is 1.50. The van der Waals surface area contributed by atoms with Crippen LogP contribution in [0.4, 0.5) is 10.1 Å². The Morgan fingerprint density at radius 3 is 2.94 bits per heavy atom. The average molecular weight is 232 g/mol. The summed E-state index contributed by atoms with van der Waals surface area (Å²) in [4.78, 5) is 3.50. The largest absolute Gasteiger partial charge is 0.497 e. The molecule has 3 nitrogen and oxygen atoms in total. The Morgan fingerprint density at radius 1 is 1.29 bits per heavy atom. The maximum atomic E-state index is 12.8. The summed E-state index contributed by atoms with van der Waals surface area (Å²) in [5.74, 6) is 0.325. The van der Waals surface area contributed by atoms with E-state index in [1.807, 2.05) is 24.3 Å². The van der Waals surface area contributed by atoms with Crippen LogP contribution in [0.5, 0.6) is 5.75 Å². The van der Waals surface area contributed by atoms with Crippen LogP contribution in [-0.4, -0.2) is 12.1 Å². The number of nitrogens with zero attached hydrogens (tertiary/aromatic N) is 1. The Kier molecular flexibility index (Phi) is 3.55. The fourth-order valence-electron chi connectivity index (χ4n) is 1.50. The lowest BCUT2D eigenvalue weighted by atomic mass is 10.2. The molecular formula is C13H13FN2O. The molecule has 2 rings (SSSR count). The maximum Gasteiger partial charge on any atom is 0.214 e. The highest BCUT2D eigenvalue weighted by molar-refractivity contribution is 5.42. The van der Waals surface area contributed by atoms with Crippen molar-refractivity contribution in [1.29, 1.82) is 0 Å². The molecule has 0 bridgehead atoms. The van der Waals surface area contributed by atoms with Crippen LogP contribution in [-0.2, 0) is 6.54 Å². The van der Waals surface area contributed by atoms with Crippen LogP contribution in [0, 0.1) is 5.95 Å². The Hall–Kier alpha value is -2.10. The molecule has 17 heavy (non-hydrogen) atoms. The molecule has 2 aromatic rings. The number of pyridine rings is 1. The van der Waals surface area contributed by atoms with E-state index in [0.717, 1.165) is 11.3 Å². The third-order valence-electron chi connectivity index (χ3n) is 2.36. The van der Waals surface area contributed by atoms with E-state index in [1.165, 1.54) is 12.3 Å². The average Bonchev–Trinajstić information content (AvgIpc) is 2.37. The van der Waals surface area contributed by atoms with E-state index in [1.54, 1.807) is 13.2 Å². The second kappa shape index (κ2) is 5.30. The number of hydrogen-bond acceptors (Lipinski definition) is 3. The molecule has 88 valence electrons. The lowest BCUT2D eigenvalue weighted by Gasteiger charge is -2.07. The van der Waals surface area contributed by atoms with E-state index in [0.29, 0.717) is 12.2 Å². The molecule has 0 spiro atoms. The second-order valence-electron chi connectivity index (χ2n) is 3.57. The smallest absolute Gasteiger partial charge is 0.214 e. The lowest BCUT2D eigenvalue weighted by molar-refractivity contribution is 0.414. The summed E-state index contributed by atoms with van der Waals surface area (Å²) in [7, 11) is 1.63. The van der Waals surface area contributed by atoms with E-state index >= 15 is 0 Å². The Balaban J connectivity index is 2.02.